The molecule has 0 spiro atoms. The molecule has 3 heteroatoms. The third-order valence-corrected chi connectivity index (χ3v) is 2.87. The zero-order valence-electron chi connectivity index (χ0n) is 6.92. The Kier molecular flexibility index (Phi) is 3.41. The van der Waals surface area contributed by atoms with Crippen LogP contribution in [-0.4, -0.2) is 16.6 Å². The number of benzene rings is 1. The van der Waals surface area contributed by atoms with E-state index in [1.807, 2.05) is 19.1 Å². The summed E-state index contributed by atoms with van der Waals surface area (Å²) in [5, 5.41) is 0. The Hall–Kier alpha value is -0.700. The molecular formula is C9H11FOS. The van der Waals surface area contributed by atoms with E-state index in [1.165, 1.54) is 0 Å². The van der Waals surface area contributed by atoms with E-state index >= 15 is 0 Å². The average Bonchev–Trinajstić information content (AvgIpc) is 2.06. The Morgan fingerprint density at radius 2 is 1.92 bits per heavy atom. The van der Waals surface area contributed by atoms with E-state index in [9.17, 15) is 8.60 Å². The number of alkyl halides is 1. The molecule has 0 unspecified atom stereocenters. The van der Waals surface area contributed by atoms with Crippen LogP contribution in [0.5, 0.6) is 0 Å². The molecule has 0 aromatic heterocycles. The van der Waals surface area contributed by atoms with Crippen LogP contribution < -0.4 is 0 Å². The minimum atomic E-state index is -1.17. The lowest BCUT2D eigenvalue weighted by atomic mass is 10.2. The molecule has 0 saturated carbocycles. The standard InChI is InChI=1S/C9H11FOS/c1-8-2-4-9(5-3-8)12(11)7-6-10/h2-5H,6-7H2,1H3/t12-/m0/s1. The first-order chi connectivity index (χ1) is 5.74. The second-order valence-corrected chi connectivity index (χ2v) is 4.12. The highest BCUT2D eigenvalue weighted by Crippen LogP contribution is 2.07. The molecule has 1 rings (SSSR count). The molecule has 0 N–H and O–H groups in total. The maximum absolute atomic E-state index is 11.8. The van der Waals surface area contributed by atoms with Gasteiger partial charge in [0.25, 0.3) is 0 Å². The minimum Gasteiger partial charge on any atom is -0.254 e. The summed E-state index contributed by atoms with van der Waals surface area (Å²) in [7, 11) is -1.17. The smallest absolute Gasteiger partial charge is 0.101 e. The first-order valence-corrected chi connectivity index (χ1v) is 5.07. The molecule has 12 heavy (non-hydrogen) atoms. The van der Waals surface area contributed by atoms with Gasteiger partial charge in [-0.2, -0.15) is 0 Å². The van der Waals surface area contributed by atoms with Gasteiger partial charge in [-0.15, -0.1) is 0 Å². The van der Waals surface area contributed by atoms with Crippen molar-refractivity contribution in [3.8, 4) is 0 Å². The molecular weight excluding hydrogens is 175 g/mol. The van der Waals surface area contributed by atoms with Crippen LogP contribution in [0.2, 0.25) is 0 Å². The second-order valence-electron chi connectivity index (χ2n) is 2.55. The molecule has 0 saturated heterocycles. The summed E-state index contributed by atoms with van der Waals surface area (Å²) >= 11 is 0. The normalized spacial score (nSPS) is 12.8. The SMILES string of the molecule is Cc1ccc([S@@](=O)CCF)cc1. The summed E-state index contributed by atoms with van der Waals surface area (Å²) in [4.78, 5) is 0.707. The van der Waals surface area contributed by atoms with Crippen molar-refractivity contribution >= 4 is 10.8 Å². The van der Waals surface area contributed by atoms with Gasteiger partial charge in [0.2, 0.25) is 0 Å². The minimum absolute atomic E-state index is 0.100. The molecule has 1 atom stereocenters. The molecule has 0 heterocycles. The van der Waals surface area contributed by atoms with E-state index in [0.717, 1.165) is 5.56 Å². The first-order valence-electron chi connectivity index (χ1n) is 3.75. The second kappa shape index (κ2) is 4.36. The number of rotatable bonds is 3. The molecule has 0 bridgehead atoms. The number of aryl methyl sites for hydroxylation is 1. The molecule has 0 radical (unpaired) electrons. The van der Waals surface area contributed by atoms with Gasteiger partial charge in [0.05, 0.1) is 16.6 Å². The summed E-state index contributed by atoms with van der Waals surface area (Å²) in [6.45, 7) is 1.43. The number of hydrogen-bond donors (Lipinski definition) is 0. The maximum Gasteiger partial charge on any atom is 0.101 e. The average molecular weight is 186 g/mol. The van der Waals surface area contributed by atoms with Crippen molar-refractivity contribution in [2.45, 2.75) is 11.8 Å². The maximum atomic E-state index is 11.8. The van der Waals surface area contributed by atoms with Gasteiger partial charge < -0.3 is 0 Å². The van der Waals surface area contributed by atoms with E-state index in [1.54, 1.807) is 12.1 Å². The zero-order chi connectivity index (χ0) is 8.97. The summed E-state index contributed by atoms with van der Waals surface area (Å²) in [6.07, 6.45) is 0. The predicted molar refractivity (Wildman–Crippen MR) is 48.4 cm³/mol. The van der Waals surface area contributed by atoms with Gasteiger partial charge in [-0.3, -0.25) is 8.60 Å². The Morgan fingerprint density at radius 1 is 1.33 bits per heavy atom. The van der Waals surface area contributed by atoms with E-state index in [-0.39, 0.29) is 5.75 Å². The fraction of sp³-hybridized carbons (Fsp3) is 0.333. The van der Waals surface area contributed by atoms with E-state index in [4.69, 9.17) is 0 Å². The van der Waals surface area contributed by atoms with E-state index < -0.39 is 17.5 Å². The van der Waals surface area contributed by atoms with Crippen LogP contribution in [0.4, 0.5) is 4.39 Å². The summed E-state index contributed by atoms with van der Waals surface area (Å²) in [6, 6.07) is 7.32. The van der Waals surface area contributed by atoms with Crippen LogP contribution in [-0.2, 0) is 10.8 Å². The molecule has 0 aliphatic heterocycles. The fourth-order valence-corrected chi connectivity index (χ4v) is 1.69. The van der Waals surface area contributed by atoms with Crippen molar-refractivity contribution in [1.29, 1.82) is 0 Å². The van der Waals surface area contributed by atoms with Crippen LogP contribution in [0.25, 0.3) is 0 Å². The monoisotopic (exact) mass is 186 g/mol. The Labute approximate surface area is 74.1 Å². The number of halogens is 1. The Balaban J connectivity index is 2.75. The third kappa shape index (κ3) is 2.41. The molecule has 66 valence electrons. The topological polar surface area (TPSA) is 17.1 Å². The molecule has 0 fully saturated rings. The summed E-state index contributed by atoms with van der Waals surface area (Å²) < 4.78 is 23.0. The largest absolute Gasteiger partial charge is 0.254 e. The molecule has 1 aromatic carbocycles. The van der Waals surface area contributed by atoms with Crippen molar-refractivity contribution in [2.24, 2.45) is 0 Å². The fourth-order valence-electron chi connectivity index (χ4n) is 0.878. The van der Waals surface area contributed by atoms with Crippen molar-refractivity contribution in [2.75, 3.05) is 12.4 Å². The van der Waals surface area contributed by atoms with Crippen LogP contribution in [0, 0.1) is 6.92 Å². The molecule has 0 amide bonds. The van der Waals surface area contributed by atoms with Gasteiger partial charge in [0.1, 0.15) is 6.67 Å². The van der Waals surface area contributed by atoms with Gasteiger partial charge >= 0.3 is 0 Å². The Morgan fingerprint density at radius 3 is 2.42 bits per heavy atom. The predicted octanol–water partition coefficient (Wildman–Crippen LogP) is 2.07. The van der Waals surface area contributed by atoms with Gasteiger partial charge in [-0.05, 0) is 19.1 Å². The van der Waals surface area contributed by atoms with Gasteiger partial charge in [-0.25, -0.2) is 0 Å². The van der Waals surface area contributed by atoms with Crippen molar-refractivity contribution in [3.63, 3.8) is 0 Å². The van der Waals surface area contributed by atoms with Gasteiger partial charge in [0.15, 0.2) is 0 Å². The quantitative estimate of drug-likeness (QED) is 0.706. The van der Waals surface area contributed by atoms with Crippen molar-refractivity contribution in [1.82, 2.24) is 0 Å². The Bertz CT molecular complexity index is 268. The van der Waals surface area contributed by atoms with Crippen LogP contribution in [0.1, 0.15) is 5.56 Å². The zero-order valence-corrected chi connectivity index (χ0v) is 7.73. The van der Waals surface area contributed by atoms with E-state index in [2.05, 4.69) is 0 Å². The third-order valence-electron chi connectivity index (χ3n) is 1.55. The van der Waals surface area contributed by atoms with E-state index in [0.29, 0.717) is 4.90 Å². The summed E-state index contributed by atoms with van der Waals surface area (Å²) in [5.74, 6) is 0.100. The lowest BCUT2D eigenvalue weighted by Crippen LogP contribution is -1.99. The van der Waals surface area contributed by atoms with Crippen molar-refractivity contribution in [3.05, 3.63) is 29.8 Å². The van der Waals surface area contributed by atoms with Crippen LogP contribution in [0.3, 0.4) is 0 Å². The molecule has 1 nitrogen and oxygen atoms in total. The van der Waals surface area contributed by atoms with Gasteiger partial charge in [-0.1, -0.05) is 17.7 Å². The number of hydrogen-bond acceptors (Lipinski definition) is 1. The van der Waals surface area contributed by atoms with Crippen LogP contribution >= 0.6 is 0 Å². The van der Waals surface area contributed by atoms with Crippen molar-refractivity contribution < 1.29 is 8.60 Å². The highest BCUT2D eigenvalue weighted by atomic mass is 32.2. The highest BCUT2D eigenvalue weighted by Gasteiger charge is 2.01. The molecule has 1 aromatic rings. The summed E-state index contributed by atoms with van der Waals surface area (Å²) in [5.41, 5.74) is 1.12. The lowest BCUT2D eigenvalue weighted by Gasteiger charge is -1.98. The molecule has 0 aliphatic rings. The first kappa shape index (κ1) is 9.39. The lowest BCUT2D eigenvalue weighted by molar-refractivity contribution is 0.528. The molecule has 0 aliphatic carbocycles. The highest BCUT2D eigenvalue weighted by molar-refractivity contribution is 7.85. The van der Waals surface area contributed by atoms with Crippen LogP contribution in [0.15, 0.2) is 29.2 Å². The van der Waals surface area contributed by atoms with Gasteiger partial charge in [0, 0.05) is 4.90 Å².